The third kappa shape index (κ3) is 3.24. The van der Waals surface area contributed by atoms with Crippen LogP contribution in [0, 0.1) is 13.8 Å². The molecule has 25 heavy (non-hydrogen) atoms. The number of carbonyl (C=O) groups excluding carboxylic acids is 1. The molecular formula is C17H15ClF3N3O. The Balaban J connectivity index is 1.85. The molecule has 0 aliphatic rings. The van der Waals surface area contributed by atoms with Gasteiger partial charge in [0.05, 0.1) is 21.6 Å². The smallest absolute Gasteiger partial charge is 0.332 e. The van der Waals surface area contributed by atoms with E-state index in [0.29, 0.717) is 5.52 Å². The average molecular weight is 370 g/mol. The summed E-state index contributed by atoms with van der Waals surface area (Å²) < 4.78 is 39.7. The van der Waals surface area contributed by atoms with Crippen molar-refractivity contribution < 1.29 is 18.0 Å². The molecular weight excluding hydrogens is 355 g/mol. The van der Waals surface area contributed by atoms with Crippen molar-refractivity contribution in [2.75, 3.05) is 0 Å². The lowest BCUT2D eigenvalue weighted by molar-refractivity contribution is -0.137. The van der Waals surface area contributed by atoms with Crippen LogP contribution in [-0.2, 0) is 12.7 Å². The summed E-state index contributed by atoms with van der Waals surface area (Å²) in [5.41, 5.74) is 2.53. The highest BCUT2D eigenvalue weighted by Gasteiger charge is 2.32. The Morgan fingerprint density at radius 3 is 2.48 bits per heavy atom. The predicted octanol–water partition coefficient (Wildman–Crippen LogP) is 5.02. The molecule has 0 saturated carbocycles. The molecule has 8 heteroatoms. The van der Waals surface area contributed by atoms with Crippen LogP contribution in [0.2, 0.25) is 5.02 Å². The van der Waals surface area contributed by atoms with Crippen molar-refractivity contribution in [1.29, 1.82) is 0 Å². The molecule has 0 atom stereocenters. The molecule has 0 saturated heterocycles. The van der Waals surface area contributed by atoms with Gasteiger partial charge in [0.15, 0.2) is 0 Å². The maximum atomic E-state index is 12.9. The SMILES string of the molecule is Cc1cccc(C)c1CNC(=O)n1[nH]c2c(Cl)cc(C(F)(F)F)cc21. The van der Waals surface area contributed by atoms with Crippen LogP contribution in [0.1, 0.15) is 22.3 Å². The van der Waals surface area contributed by atoms with E-state index in [1.54, 1.807) is 0 Å². The lowest BCUT2D eigenvalue weighted by Gasteiger charge is -2.19. The fourth-order valence-electron chi connectivity index (χ4n) is 2.69. The molecule has 1 amide bonds. The van der Waals surface area contributed by atoms with Crippen LogP contribution in [-0.4, -0.2) is 15.8 Å². The summed E-state index contributed by atoms with van der Waals surface area (Å²) in [4.78, 5) is 12.3. The molecule has 0 radical (unpaired) electrons. The van der Waals surface area contributed by atoms with E-state index in [-0.39, 0.29) is 17.1 Å². The largest absolute Gasteiger partial charge is 0.416 e. The number of aromatic amines is 1. The van der Waals surface area contributed by atoms with Gasteiger partial charge in [-0.15, -0.1) is 0 Å². The molecule has 1 heterocycles. The summed E-state index contributed by atoms with van der Waals surface area (Å²) in [6.45, 7) is 4.14. The van der Waals surface area contributed by atoms with Gasteiger partial charge in [-0.1, -0.05) is 29.8 Å². The van der Waals surface area contributed by atoms with E-state index in [1.807, 2.05) is 32.0 Å². The number of aromatic nitrogens is 2. The quantitative estimate of drug-likeness (QED) is 0.655. The van der Waals surface area contributed by atoms with Crippen LogP contribution >= 0.6 is 11.6 Å². The molecule has 0 spiro atoms. The number of hydrogen-bond donors (Lipinski definition) is 2. The Kier molecular flexibility index (Phi) is 4.28. The molecule has 132 valence electrons. The van der Waals surface area contributed by atoms with Gasteiger partial charge in [0.1, 0.15) is 0 Å². The maximum absolute atomic E-state index is 12.9. The van der Waals surface area contributed by atoms with Crippen molar-refractivity contribution in [1.82, 2.24) is 15.1 Å². The number of rotatable bonds is 2. The minimum atomic E-state index is -4.53. The van der Waals surface area contributed by atoms with Gasteiger partial charge < -0.3 is 5.32 Å². The van der Waals surface area contributed by atoms with Crippen molar-refractivity contribution in [3.63, 3.8) is 0 Å². The molecule has 2 N–H and O–H groups in total. The summed E-state index contributed by atoms with van der Waals surface area (Å²) in [6.07, 6.45) is -4.53. The minimum Gasteiger partial charge on any atom is -0.332 e. The van der Waals surface area contributed by atoms with E-state index in [2.05, 4.69) is 10.4 Å². The topological polar surface area (TPSA) is 49.8 Å². The van der Waals surface area contributed by atoms with Crippen LogP contribution in [0.15, 0.2) is 30.3 Å². The second-order valence-electron chi connectivity index (χ2n) is 5.83. The van der Waals surface area contributed by atoms with Crippen LogP contribution in [0.3, 0.4) is 0 Å². The van der Waals surface area contributed by atoms with Crippen LogP contribution in [0.4, 0.5) is 18.0 Å². The molecule has 3 aromatic rings. The Morgan fingerprint density at radius 1 is 1.24 bits per heavy atom. The summed E-state index contributed by atoms with van der Waals surface area (Å²) in [6, 6.07) is 6.97. The standard InChI is InChI=1S/C17H15ClF3N3O/c1-9-4-3-5-10(2)12(9)8-22-16(25)24-14-7-11(17(19,20)21)6-13(18)15(14)23-24/h3-7,23H,8H2,1-2H3,(H,22,25). The highest BCUT2D eigenvalue weighted by Crippen LogP contribution is 2.35. The number of halogens is 4. The van der Waals surface area contributed by atoms with Crippen molar-refractivity contribution >= 4 is 28.7 Å². The first-order chi connectivity index (χ1) is 11.7. The monoisotopic (exact) mass is 369 g/mol. The molecule has 1 aromatic heterocycles. The first-order valence-corrected chi connectivity index (χ1v) is 7.86. The van der Waals surface area contributed by atoms with Crippen LogP contribution in [0.5, 0.6) is 0 Å². The number of alkyl halides is 3. The average Bonchev–Trinajstić information content (AvgIpc) is 2.47. The Morgan fingerprint density at radius 2 is 1.88 bits per heavy atom. The third-order valence-electron chi connectivity index (χ3n) is 4.13. The molecule has 2 aromatic carbocycles. The zero-order chi connectivity index (χ0) is 18.4. The number of amides is 1. The summed E-state index contributed by atoms with van der Waals surface area (Å²) in [5.74, 6) is 0. The molecule has 4 nitrogen and oxygen atoms in total. The lowest BCUT2D eigenvalue weighted by Crippen LogP contribution is -2.32. The van der Waals surface area contributed by atoms with Crippen molar-refractivity contribution in [3.05, 3.63) is 57.6 Å². The van der Waals surface area contributed by atoms with Gasteiger partial charge in [0, 0.05) is 6.54 Å². The molecule has 0 bridgehead atoms. The van der Waals surface area contributed by atoms with Gasteiger partial charge in [0.25, 0.3) is 0 Å². The van der Waals surface area contributed by atoms with E-state index in [4.69, 9.17) is 11.6 Å². The van der Waals surface area contributed by atoms with Gasteiger partial charge in [-0.25, -0.2) is 9.48 Å². The molecule has 0 aliphatic heterocycles. The fraction of sp³-hybridized carbons (Fsp3) is 0.235. The van der Waals surface area contributed by atoms with E-state index in [0.717, 1.165) is 33.5 Å². The second-order valence-corrected chi connectivity index (χ2v) is 6.23. The summed E-state index contributed by atoms with van der Waals surface area (Å²) >= 11 is 5.84. The first kappa shape index (κ1) is 17.4. The zero-order valence-electron chi connectivity index (χ0n) is 13.5. The van der Waals surface area contributed by atoms with Crippen molar-refractivity contribution in [2.24, 2.45) is 0 Å². The number of nitrogens with zero attached hydrogens (tertiary/aromatic N) is 1. The number of fused-ring (bicyclic) bond motifs is 1. The van der Waals surface area contributed by atoms with Gasteiger partial charge in [-0.05, 0) is 42.7 Å². The van der Waals surface area contributed by atoms with Gasteiger partial charge in [0.2, 0.25) is 0 Å². The van der Waals surface area contributed by atoms with E-state index < -0.39 is 17.8 Å². The van der Waals surface area contributed by atoms with Crippen molar-refractivity contribution in [2.45, 2.75) is 26.6 Å². The Labute approximate surface area is 146 Å². The number of hydrogen-bond acceptors (Lipinski definition) is 1. The third-order valence-corrected chi connectivity index (χ3v) is 4.42. The number of benzene rings is 2. The number of H-pyrrole nitrogens is 1. The predicted molar refractivity (Wildman–Crippen MR) is 89.9 cm³/mol. The molecule has 0 fully saturated rings. The normalized spacial score (nSPS) is 11.9. The van der Waals surface area contributed by atoms with E-state index >= 15 is 0 Å². The minimum absolute atomic E-state index is 0.0800. The maximum Gasteiger partial charge on any atom is 0.416 e. The van der Waals surface area contributed by atoms with Gasteiger partial charge >= 0.3 is 12.2 Å². The molecule has 0 unspecified atom stereocenters. The second kappa shape index (κ2) is 6.15. The summed E-state index contributed by atoms with van der Waals surface area (Å²) in [7, 11) is 0. The van der Waals surface area contributed by atoms with E-state index in [1.165, 1.54) is 0 Å². The lowest BCUT2D eigenvalue weighted by atomic mass is 10.0. The van der Waals surface area contributed by atoms with Gasteiger partial charge in [-0.3, -0.25) is 5.10 Å². The Bertz CT molecular complexity index is 936. The summed E-state index contributed by atoms with van der Waals surface area (Å²) in [5, 5.41) is 5.28. The number of aryl methyl sites for hydroxylation is 2. The van der Waals surface area contributed by atoms with E-state index in [9.17, 15) is 18.0 Å². The van der Waals surface area contributed by atoms with Crippen LogP contribution < -0.4 is 5.32 Å². The fourth-order valence-corrected chi connectivity index (χ4v) is 2.95. The van der Waals surface area contributed by atoms with Gasteiger partial charge in [-0.2, -0.15) is 13.2 Å². The Hall–Kier alpha value is -2.41. The number of carbonyl (C=O) groups is 1. The molecule has 0 aliphatic carbocycles. The highest BCUT2D eigenvalue weighted by atomic mass is 35.5. The highest BCUT2D eigenvalue weighted by molar-refractivity contribution is 6.35. The first-order valence-electron chi connectivity index (χ1n) is 7.49. The molecule has 3 rings (SSSR count). The van der Waals surface area contributed by atoms with Crippen molar-refractivity contribution in [3.8, 4) is 0 Å². The zero-order valence-corrected chi connectivity index (χ0v) is 14.2. The van der Waals surface area contributed by atoms with Crippen LogP contribution in [0.25, 0.3) is 11.0 Å². The number of nitrogens with one attached hydrogen (secondary N) is 2.